The summed E-state index contributed by atoms with van der Waals surface area (Å²) in [7, 11) is -1.37. The summed E-state index contributed by atoms with van der Waals surface area (Å²) in [6.45, 7) is 7.47. The van der Waals surface area contributed by atoms with Crippen LogP contribution in [0.5, 0.6) is 0 Å². The third-order valence-corrected chi connectivity index (χ3v) is 2.96. The van der Waals surface area contributed by atoms with Gasteiger partial charge in [-0.2, -0.15) is 0 Å². The Balaban J connectivity index is 2.54. The minimum absolute atomic E-state index is 0.547. The molecule has 0 aliphatic rings. The van der Waals surface area contributed by atoms with Crippen LogP contribution in [0.1, 0.15) is 32.3 Å². The molecule has 0 aliphatic carbocycles. The van der Waals surface area contributed by atoms with Crippen molar-refractivity contribution in [3.05, 3.63) is 29.8 Å². The monoisotopic (exact) mass is 235 g/mol. The number of unbranched alkanes of at least 4 members (excludes halogenated alkanes) is 1. The molecule has 0 bridgehead atoms. The highest BCUT2D eigenvalue weighted by Crippen LogP contribution is 2.05. The summed E-state index contributed by atoms with van der Waals surface area (Å²) in [4.78, 5) is 2.40. The first-order valence-corrected chi connectivity index (χ1v) is 6.34. The lowest BCUT2D eigenvalue weighted by Gasteiger charge is -2.20. The van der Waals surface area contributed by atoms with E-state index in [9.17, 15) is 0 Å². The van der Waals surface area contributed by atoms with Crippen LogP contribution in [0.4, 0.5) is 0 Å². The van der Waals surface area contributed by atoms with Crippen molar-refractivity contribution in [1.29, 1.82) is 0 Å². The van der Waals surface area contributed by atoms with E-state index in [2.05, 4.69) is 18.7 Å². The number of hydrogen-bond donors (Lipinski definition) is 2. The van der Waals surface area contributed by atoms with Gasteiger partial charge in [0.25, 0.3) is 0 Å². The molecule has 4 heteroatoms. The Labute approximate surface area is 104 Å². The van der Waals surface area contributed by atoms with Gasteiger partial charge in [-0.1, -0.05) is 44.5 Å². The van der Waals surface area contributed by atoms with Gasteiger partial charge in [-0.25, -0.2) is 0 Å². The van der Waals surface area contributed by atoms with Gasteiger partial charge in [0.05, 0.1) is 0 Å². The minimum Gasteiger partial charge on any atom is -0.423 e. The quantitative estimate of drug-likeness (QED) is 0.692. The van der Waals surface area contributed by atoms with Crippen LogP contribution in [-0.4, -0.2) is 35.2 Å². The smallest absolute Gasteiger partial charge is 0.423 e. The highest BCUT2D eigenvalue weighted by molar-refractivity contribution is 6.58. The second kappa shape index (κ2) is 7.48. The maximum Gasteiger partial charge on any atom is 0.488 e. The molecule has 0 spiro atoms. The van der Waals surface area contributed by atoms with Crippen molar-refractivity contribution >= 4 is 12.6 Å². The fourth-order valence-electron chi connectivity index (χ4n) is 1.78. The van der Waals surface area contributed by atoms with Crippen molar-refractivity contribution in [3.63, 3.8) is 0 Å². The van der Waals surface area contributed by atoms with Crippen LogP contribution >= 0.6 is 0 Å². The first-order chi connectivity index (χ1) is 8.17. The average molecular weight is 235 g/mol. The van der Waals surface area contributed by atoms with E-state index in [0.717, 1.165) is 19.6 Å². The first kappa shape index (κ1) is 14.2. The molecule has 94 valence electrons. The van der Waals surface area contributed by atoms with Crippen LogP contribution in [-0.2, 0) is 6.54 Å². The van der Waals surface area contributed by atoms with Gasteiger partial charge in [0.1, 0.15) is 0 Å². The summed E-state index contributed by atoms with van der Waals surface area (Å²) in [6, 6.07) is 7.47. The van der Waals surface area contributed by atoms with Crippen LogP contribution in [0.25, 0.3) is 0 Å². The van der Waals surface area contributed by atoms with E-state index in [-0.39, 0.29) is 0 Å². The zero-order valence-corrected chi connectivity index (χ0v) is 10.8. The first-order valence-electron chi connectivity index (χ1n) is 6.34. The van der Waals surface area contributed by atoms with Gasteiger partial charge >= 0.3 is 7.12 Å². The maximum absolute atomic E-state index is 9.00. The van der Waals surface area contributed by atoms with E-state index in [1.165, 1.54) is 18.4 Å². The molecule has 0 saturated carbocycles. The lowest BCUT2D eigenvalue weighted by atomic mass is 9.80. The molecule has 0 unspecified atom stereocenters. The predicted molar refractivity (Wildman–Crippen MR) is 72.1 cm³/mol. The molecule has 0 heterocycles. The highest BCUT2D eigenvalue weighted by atomic mass is 16.4. The van der Waals surface area contributed by atoms with Crippen LogP contribution in [0.15, 0.2) is 24.3 Å². The summed E-state index contributed by atoms with van der Waals surface area (Å²) in [5.74, 6) is 0. The summed E-state index contributed by atoms with van der Waals surface area (Å²) in [5.41, 5.74) is 1.76. The Hall–Kier alpha value is -0.835. The number of rotatable bonds is 7. The molecule has 17 heavy (non-hydrogen) atoms. The van der Waals surface area contributed by atoms with Gasteiger partial charge in [-0.15, -0.1) is 0 Å². The lowest BCUT2D eigenvalue weighted by Crippen LogP contribution is -2.30. The van der Waals surface area contributed by atoms with E-state index in [1.807, 2.05) is 12.1 Å². The van der Waals surface area contributed by atoms with E-state index in [0.29, 0.717) is 5.46 Å². The fourth-order valence-corrected chi connectivity index (χ4v) is 1.78. The van der Waals surface area contributed by atoms with Gasteiger partial charge in [0.2, 0.25) is 0 Å². The summed E-state index contributed by atoms with van der Waals surface area (Å²) in [6.07, 6.45) is 2.44. The molecule has 0 radical (unpaired) electrons. The largest absolute Gasteiger partial charge is 0.488 e. The molecular formula is C13H22BNO2. The molecule has 1 aromatic carbocycles. The standard InChI is InChI=1S/C13H22BNO2/c1-3-5-10-15(4-2)11-12-6-8-13(9-7-12)14(16)17/h6-9,16-17H,3-5,10-11H2,1-2H3. The summed E-state index contributed by atoms with van der Waals surface area (Å²) < 4.78 is 0. The topological polar surface area (TPSA) is 43.7 Å². The van der Waals surface area contributed by atoms with E-state index < -0.39 is 7.12 Å². The van der Waals surface area contributed by atoms with Crippen LogP contribution in [0, 0.1) is 0 Å². The Morgan fingerprint density at radius 3 is 2.24 bits per heavy atom. The number of nitrogens with zero attached hydrogens (tertiary/aromatic N) is 1. The van der Waals surface area contributed by atoms with Crippen molar-refractivity contribution in [1.82, 2.24) is 4.90 Å². The molecule has 3 nitrogen and oxygen atoms in total. The SMILES string of the molecule is CCCCN(CC)Cc1ccc(B(O)O)cc1. The number of hydrogen-bond acceptors (Lipinski definition) is 3. The number of benzene rings is 1. The van der Waals surface area contributed by atoms with Crippen LogP contribution in [0.2, 0.25) is 0 Å². The Morgan fingerprint density at radius 1 is 1.12 bits per heavy atom. The van der Waals surface area contributed by atoms with E-state index in [4.69, 9.17) is 10.0 Å². The van der Waals surface area contributed by atoms with Gasteiger partial charge in [0, 0.05) is 6.54 Å². The maximum atomic E-state index is 9.00. The minimum atomic E-state index is -1.37. The Bertz CT molecular complexity index is 314. The fraction of sp³-hybridized carbons (Fsp3) is 0.538. The van der Waals surface area contributed by atoms with E-state index >= 15 is 0 Å². The van der Waals surface area contributed by atoms with Crippen molar-refractivity contribution in [2.45, 2.75) is 33.2 Å². The third-order valence-electron chi connectivity index (χ3n) is 2.96. The zero-order valence-electron chi connectivity index (χ0n) is 10.8. The average Bonchev–Trinajstić information content (AvgIpc) is 2.35. The van der Waals surface area contributed by atoms with Crippen LogP contribution in [0.3, 0.4) is 0 Å². The zero-order chi connectivity index (χ0) is 12.7. The van der Waals surface area contributed by atoms with Crippen LogP contribution < -0.4 is 5.46 Å². The third kappa shape index (κ3) is 4.90. The molecule has 1 rings (SSSR count). The summed E-state index contributed by atoms with van der Waals surface area (Å²) in [5, 5.41) is 18.0. The van der Waals surface area contributed by atoms with Gasteiger partial charge in [0.15, 0.2) is 0 Å². The normalized spacial score (nSPS) is 10.9. The Morgan fingerprint density at radius 2 is 1.76 bits per heavy atom. The van der Waals surface area contributed by atoms with Crippen molar-refractivity contribution in [2.75, 3.05) is 13.1 Å². The summed E-state index contributed by atoms with van der Waals surface area (Å²) >= 11 is 0. The molecule has 0 saturated heterocycles. The molecule has 0 amide bonds. The molecule has 1 aromatic rings. The van der Waals surface area contributed by atoms with Gasteiger partial charge in [-0.3, -0.25) is 4.90 Å². The molecule has 0 fully saturated rings. The molecule has 0 atom stereocenters. The second-order valence-corrected chi connectivity index (χ2v) is 4.34. The molecule has 0 aliphatic heterocycles. The van der Waals surface area contributed by atoms with Crippen molar-refractivity contribution in [2.24, 2.45) is 0 Å². The van der Waals surface area contributed by atoms with Gasteiger partial charge < -0.3 is 10.0 Å². The lowest BCUT2D eigenvalue weighted by molar-refractivity contribution is 0.275. The molecule has 2 N–H and O–H groups in total. The van der Waals surface area contributed by atoms with Crippen molar-refractivity contribution < 1.29 is 10.0 Å². The highest BCUT2D eigenvalue weighted by Gasteiger charge is 2.10. The second-order valence-electron chi connectivity index (χ2n) is 4.34. The van der Waals surface area contributed by atoms with Crippen molar-refractivity contribution in [3.8, 4) is 0 Å². The van der Waals surface area contributed by atoms with E-state index in [1.54, 1.807) is 12.1 Å². The van der Waals surface area contributed by atoms with Gasteiger partial charge in [-0.05, 0) is 30.5 Å². The molecule has 0 aromatic heterocycles. The molecular weight excluding hydrogens is 213 g/mol. The Kier molecular flexibility index (Phi) is 6.26. The predicted octanol–water partition coefficient (Wildman–Crippen LogP) is 0.988.